The molecule has 1 fully saturated rings. The normalized spacial score (nSPS) is 16.6. The first-order valence-corrected chi connectivity index (χ1v) is 24.3. The van der Waals surface area contributed by atoms with Crippen LogP contribution in [0.3, 0.4) is 0 Å². The molecule has 1 saturated carbocycles. The standard InChI is InChI=1S/C48H59N5O7Si/c1-48(2,3)61(4,5)60-43(37-21-24-41(54)45-38(37)22-25-44(55)51-45)30-50-29-32-15-23-39-42(28-32)59-47(58)52(39)26-10-9-11-31-14-20-36(33-12-7-6-8-13-33)40(27-31)53(46(56)57)35-18-16-34(49)17-19-35/h6-8,12-15,20-25,27-28,34-35,43,50,54H,9-11,16-19,26,29-30,49H2,1-5H3,(H,51,55)(H,56,57)/t34?,35?,43-/m1/s1. The molecule has 4 aromatic carbocycles. The summed E-state index contributed by atoms with van der Waals surface area (Å²) in [6.45, 7) is 12.4. The van der Waals surface area contributed by atoms with Crippen molar-refractivity contribution in [2.24, 2.45) is 5.73 Å². The Balaban J connectivity index is 1.02. The summed E-state index contributed by atoms with van der Waals surface area (Å²) in [5.41, 5.74) is 12.9. The van der Waals surface area contributed by atoms with E-state index in [0.29, 0.717) is 36.4 Å². The van der Waals surface area contributed by atoms with Crippen molar-refractivity contribution in [1.82, 2.24) is 14.9 Å². The van der Waals surface area contributed by atoms with Gasteiger partial charge in [-0.25, -0.2) is 9.59 Å². The number of aromatic nitrogens is 2. The van der Waals surface area contributed by atoms with E-state index < -0.39 is 20.2 Å². The van der Waals surface area contributed by atoms with Gasteiger partial charge in [-0.1, -0.05) is 75.4 Å². The van der Waals surface area contributed by atoms with Gasteiger partial charge in [0.1, 0.15) is 5.75 Å². The Morgan fingerprint density at radius 2 is 1.70 bits per heavy atom. The third-order valence-electron chi connectivity index (χ3n) is 12.7. The van der Waals surface area contributed by atoms with E-state index in [2.05, 4.69) is 50.2 Å². The van der Waals surface area contributed by atoms with Gasteiger partial charge in [-0.05, 0) is 116 Å². The summed E-state index contributed by atoms with van der Waals surface area (Å²) in [5, 5.41) is 25.3. The minimum Gasteiger partial charge on any atom is -0.506 e. The smallest absolute Gasteiger partial charge is 0.419 e. The van der Waals surface area contributed by atoms with Crippen LogP contribution in [-0.2, 0) is 23.9 Å². The molecule has 0 aliphatic heterocycles. The molecule has 13 heteroatoms. The van der Waals surface area contributed by atoms with E-state index in [4.69, 9.17) is 14.6 Å². The molecule has 1 aliphatic carbocycles. The first-order valence-electron chi connectivity index (χ1n) is 21.4. The number of nitrogens with two attached hydrogens (primary N) is 1. The first-order chi connectivity index (χ1) is 29.1. The van der Waals surface area contributed by atoms with Crippen molar-refractivity contribution in [3.8, 4) is 16.9 Å². The lowest BCUT2D eigenvalue weighted by molar-refractivity contribution is 0.181. The number of rotatable bonds is 15. The van der Waals surface area contributed by atoms with E-state index in [1.165, 1.54) is 6.07 Å². The molecule has 6 aromatic rings. The molecule has 0 radical (unpaired) electrons. The summed E-state index contributed by atoms with van der Waals surface area (Å²) in [6, 6.07) is 28.5. The fraction of sp³-hybridized carbons (Fsp3) is 0.396. The van der Waals surface area contributed by atoms with Gasteiger partial charge in [0.05, 0.1) is 22.8 Å². The highest BCUT2D eigenvalue weighted by atomic mass is 28.4. The number of phenolic OH excluding ortho intramolecular Hbond substituents is 1. The number of hydrogen-bond acceptors (Lipinski definition) is 8. The zero-order valence-electron chi connectivity index (χ0n) is 35.9. The molecule has 1 atom stereocenters. The number of fused-ring (bicyclic) bond motifs is 2. The summed E-state index contributed by atoms with van der Waals surface area (Å²) in [6.07, 6.45) is 3.99. The number of aromatic amines is 1. The van der Waals surface area contributed by atoms with Gasteiger partial charge in [-0.2, -0.15) is 0 Å². The van der Waals surface area contributed by atoms with Crippen LogP contribution in [0.25, 0.3) is 33.1 Å². The van der Waals surface area contributed by atoms with Gasteiger partial charge < -0.3 is 35.1 Å². The number of aromatic hydroxyl groups is 1. The number of nitrogens with zero attached hydrogens (tertiary/aromatic N) is 2. The second kappa shape index (κ2) is 18.2. The van der Waals surface area contributed by atoms with Crippen molar-refractivity contribution < 1.29 is 23.9 Å². The topological polar surface area (TPSA) is 176 Å². The number of carboxylic acid groups (broad SMARTS) is 1. The van der Waals surface area contributed by atoms with Crippen molar-refractivity contribution in [3.05, 3.63) is 129 Å². The first kappa shape index (κ1) is 43.6. The molecule has 0 unspecified atom stereocenters. The van der Waals surface area contributed by atoms with Crippen LogP contribution >= 0.6 is 0 Å². The number of pyridine rings is 1. The average molecular weight is 846 g/mol. The number of anilines is 1. The van der Waals surface area contributed by atoms with Crippen LogP contribution < -0.4 is 27.3 Å². The highest BCUT2D eigenvalue weighted by molar-refractivity contribution is 6.74. The van der Waals surface area contributed by atoms with E-state index in [0.717, 1.165) is 83.7 Å². The van der Waals surface area contributed by atoms with Crippen molar-refractivity contribution in [2.45, 2.75) is 115 Å². The van der Waals surface area contributed by atoms with Crippen molar-refractivity contribution >= 4 is 42.1 Å². The summed E-state index contributed by atoms with van der Waals surface area (Å²) in [7, 11) is -2.25. The van der Waals surface area contributed by atoms with Crippen LogP contribution in [0.15, 0.2) is 105 Å². The Kier molecular flexibility index (Phi) is 13.0. The zero-order valence-corrected chi connectivity index (χ0v) is 36.9. The molecule has 0 saturated heterocycles. The molecule has 1 amide bonds. The van der Waals surface area contributed by atoms with Crippen molar-refractivity contribution in [3.63, 3.8) is 0 Å². The Bertz CT molecular complexity index is 2600. The van der Waals surface area contributed by atoms with Crippen LogP contribution in [0.4, 0.5) is 10.5 Å². The zero-order chi connectivity index (χ0) is 43.5. The monoisotopic (exact) mass is 845 g/mol. The number of H-pyrrole nitrogens is 1. The average Bonchev–Trinajstić information content (AvgIpc) is 3.53. The van der Waals surface area contributed by atoms with Crippen LogP contribution in [0.2, 0.25) is 18.1 Å². The molecule has 322 valence electrons. The molecular weight excluding hydrogens is 787 g/mol. The number of nitrogens with one attached hydrogen (secondary N) is 2. The van der Waals surface area contributed by atoms with E-state index in [9.17, 15) is 24.6 Å². The number of hydrogen-bond donors (Lipinski definition) is 5. The van der Waals surface area contributed by atoms with Gasteiger partial charge in [0.15, 0.2) is 13.9 Å². The van der Waals surface area contributed by atoms with Crippen LogP contribution in [0.1, 0.15) is 82.1 Å². The van der Waals surface area contributed by atoms with E-state index >= 15 is 0 Å². The van der Waals surface area contributed by atoms with E-state index in [1.54, 1.807) is 21.6 Å². The lowest BCUT2D eigenvalue weighted by Crippen LogP contribution is -2.44. The Labute approximate surface area is 357 Å². The maximum Gasteiger partial charge on any atom is 0.419 e. The molecule has 0 bridgehead atoms. The molecule has 2 aromatic heterocycles. The van der Waals surface area contributed by atoms with Gasteiger partial charge in [0.25, 0.3) is 0 Å². The second-order valence-corrected chi connectivity index (χ2v) is 22.8. The summed E-state index contributed by atoms with van der Waals surface area (Å²) in [5.74, 6) is -0.399. The summed E-state index contributed by atoms with van der Waals surface area (Å²) >= 11 is 0. The van der Waals surface area contributed by atoms with Gasteiger partial charge in [-0.3, -0.25) is 14.3 Å². The molecule has 12 nitrogen and oxygen atoms in total. The highest BCUT2D eigenvalue weighted by Gasteiger charge is 2.40. The number of benzene rings is 4. The lowest BCUT2D eigenvalue weighted by atomic mass is 9.89. The lowest BCUT2D eigenvalue weighted by Gasteiger charge is -2.39. The fourth-order valence-corrected chi connectivity index (χ4v) is 9.55. The number of carbonyl (C=O) groups is 1. The van der Waals surface area contributed by atoms with Gasteiger partial charge in [0.2, 0.25) is 5.56 Å². The van der Waals surface area contributed by atoms with Crippen molar-refractivity contribution in [1.29, 1.82) is 0 Å². The van der Waals surface area contributed by atoms with Gasteiger partial charge >= 0.3 is 11.8 Å². The van der Waals surface area contributed by atoms with E-state index in [-0.39, 0.29) is 34.5 Å². The maximum absolute atomic E-state index is 13.1. The predicted molar refractivity (Wildman–Crippen MR) is 245 cm³/mol. The maximum atomic E-state index is 13.1. The minimum atomic E-state index is -2.25. The second-order valence-electron chi connectivity index (χ2n) is 18.0. The van der Waals surface area contributed by atoms with Crippen molar-refractivity contribution in [2.75, 3.05) is 11.4 Å². The minimum absolute atomic E-state index is 0.00490. The van der Waals surface area contributed by atoms with Crippen LogP contribution in [0, 0.1) is 0 Å². The summed E-state index contributed by atoms with van der Waals surface area (Å²) in [4.78, 5) is 42.4. The molecule has 1 aliphatic rings. The molecule has 6 N–H and O–H groups in total. The Morgan fingerprint density at radius 1 is 0.967 bits per heavy atom. The SMILES string of the molecule is CC(C)(C)[Si](C)(C)O[C@H](CNCc1ccc2c(c1)oc(=O)n2CCCCc1ccc(-c2ccccc2)c(N(C(=O)O)C2CCC(N)CC2)c1)c1ccc(O)c2[nH]c(=O)ccc12. The van der Waals surface area contributed by atoms with Crippen LogP contribution in [-0.4, -0.2) is 52.8 Å². The number of oxazole rings is 1. The number of aryl methyl sites for hydroxylation is 2. The third-order valence-corrected chi connectivity index (χ3v) is 17.2. The molecule has 0 spiro atoms. The quantitative estimate of drug-likeness (QED) is 0.0498. The third kappa shape index (κ3) is 9.86. The van der Waals surface area contributed by atoms with Crippen LogP contribution in [0.5, 0.6) is 5.75 Å². The van der Waals surface area contributed by atoms with Gasteiger partial charge in [-0.15, -0.1) is 0 Å². The summed E-state index contributed by atoms with van der Waals surface area (Å²) < 4.78 is 14.4. The number of phenols is 1. The Hall–Kier alpha value is -5.47. The predicted octanol–water partition coefficient (Wildman–Crippen LogP) is 9.44. The highest BCUT2D eigenvalue weighted by Crippen LogP contribution is 2.41. The fourth-order valence-electron chi connectivity index (χ4n) is 8.28. The number of amides is 1. The molecular formula is C48H59N5O7Si. The molecule has 7 rings (SSSR count). The molecule has 61 heavy (non-hydrogen) atoms. The number of unbranched alkanes of at least 4 members (excludes halogenated alkanes) is 1. The largest absolute Gasteiger partial charge is 0.506 e. The molecule has 2 heterocycles. The van der Waals surface area contributed by atoms with E-state index in [1.807, 2.05) is 66.7 Å². The Morgan fingerprint density at radius 3 is 2.43 bits per heavy atom. The van der Waals surface area contributed by atoms with Gasteiger partial charge in [0, 0.05) is 48.7 Å².